The largest absolute Gasteiger partial charge is 0.407 e. The number of hydrogen-bond donors (Lipinski definition) is 4. The second-order valence-corrected chi connectivity index (χ2v) is 12.4. The van der Waals surface area contributed by atoms with E-state index in [1.807, 2.05) is 0 Å². The number of benzene rings is 2. The van der Waals surface area contributed by atoms with E-state index in [0.717, 1.165) is 12.8 Å². The summed E-state index contributed by atoms with van der Waals surface area (Å²) in [5, 5.41) is 7.80. The fraction of sp³-hybridized carbons (Fsp3) is 0.533. The van der Waals surface area contributed by atoms with Crippen LogP contribution in [0.15, 0.2) is 42.5 Å². The Labute approximate surface area is 235 Å². The van der Waals surface area contributed by atoms with Gasteiger partial charge in [0.15, 0.2) is 0 Å². The highest BCUT2D eigenvalue weighted by atomic mass is 19.4. The molecular weight excluding hydrogens is 543 g/mol. The Morgan fingerprint density at radius 2 is 1.63 bits per heavy atom. The summed E-state index contributed by atoms with van der Waals surface area (Å²) in [6, 6.07) is 6.12. The van der Waals surface area contributed by atoms with Gasteiger partial charge < -0.3 is 16.4 Å². The Morgan fingerprint density at radius 3 is 2.12 bits per heavy atom. The van der Waals surface area contributed by atoms with Gasteiger partial charge >= 0.3 is 6.18 Å². The smallest absolute Gasteiger partial charge is 0.353 e. The zero-order valence-electron chi connectivity index (χ0n) is 23.0. The molecule has 6 nitrogen and oxygen atoms in total. The van der Waals surface area contributed by atoms with E-state index in [9.17, 15) is 27.2 Å². The molecule has 5 N–H and O–H groups in total. The summed E-state index contributed by atoms with van der Waals surface area (Å²) >= 11 is 0. The number of hydrogen-bond acceptors (Lipinski definition) is 4. The SMILES string of the molecule is CC(C)(F)C[C@H](N[C@@H](c1ccc(-c2ccc(C3(C(=O)NC4CC4)CC3)cc2F)cc1)C(F)(F)F)C(=O)NC1(N)CC1. The third-order valence-corrected chi connectivity index (χ3v) is 8.04. The number of carbonyl (C=O) groups excluding carboxylic acids is 2. The van der Waals surface area contributed by atoms with Crippen LogP contribution in [-0.2, 0) is 15.0 Å². The van der Waals surface area contributed by atoms with Gasteiger partial charge in [-0.25, -0.2) is 8.78 Å². The molecule has 0 aliphatic heterocycles. The van der Waals surface area contributed by atoms with Crippen molar-refractivity contribution < 1.29 is 31.5 Å². The Morgan fingerprint density at radius 1 is 1.00 bits per heavy atom. The van der Waals surface area contributed by atoms with E-state index < -0.39 is 53.2 Å². The van der Waals surface area contributed by atoms with Crippen LogP contribution < -0.4 is 21.7 Å². The van der Waals surface area contributed by atoms with Gasteiger partial charge in [-0.2, -0.15) is 13.2 Å². The molecular formula is C30H35F5N4O2. The molecule has 41 heavy (non-hydrogen) atoms. The number of rotatable bonds is 11. The lowest BCUT2D eigenvalue weighted by molar-refractivity contribution is -0.161. The van der Waals surface area contributed by atoms with Crippen molar-refractivity contribution in [1.29, 1.82) is 0 Å². The molecule has 0 unspecified atom stereocenters. The van der Waals surface area contributed by atoms with Gasteiger partial charge in [-0.15, -0.1) is 0 Å². The number of amides is 2. The molecule has 3 aliphatic rings. The second-order valence-electron chi connectivity index (χ2n) is 12.4. The van der Waals surface area contributed by atoms with E-state index in [4.69, 9.17) is 5.73 Å². The molecule has 2 aromatic carbocycles. The number of alkyl halides is 4. The van der Waals surface area contributed by atoms with Crippen molar-refractivity contribution in [3.05, 3.63) is 59.4 Å². The van der Waals surface area contributed by atoms with Crippen LogP contribution in [0, 0.1) is 5.82 Å². The van der Waals surface area contributed by atoms with Crippen molar-refractivity contribution in [1.82, 2.24) is 16.0 Å². The number of nitrogens with one attached hydrogen (secondary N) is 3. The zero-order chi connectivity index (χ0) is 29.8. The van der Waals surface area contributed by atoms with Gasteiger partial charge in [0.25, 0.3) is 0 Å². The van der Waals surface area contributed by atoms with Gasteiger partial charge in [-0.1, -0.05) is 36.4 Å². The summed E-state index contributed by atoms with van der Waals surface area (Å²) in [4.78, 5) is 25.5. The molecule has 2 aromatic rings. The van der Waals surface area contributed by atoms with E-state index in [1.54, 1.807) is 6.07 Å². The molecule has 11 heteroatoms. The average molecular weight is 579 g/mol. The van der Waals surface area contributed by atoms with Crippen LogP contribution in [0.4, 0.5) is 22.0 Å². The quantitative estimate of drug-likeness (QED) is 0.221. The Kier molecular flexibility index (Phi) is 7.43. The molecule has 3 aliphatic carbocycles. The van der Waals surface area contributed by atoms with Crippen molar-refractivity contribution in [3.8, 4) is 11.1 Å². The van der Waals surface area contributed by atoms with Gasteiger partial charge in [0.1, 0.15) is 17.5 Å². The summed E-state index contributed by atoms with van der Waals surface area (Å²) < 4.78 is 72.3. The molecule has 3 saturated carbocycles. The molecule has 0 radical (unpaired) electrons. The normalized spacial score (nSPS) is 20.6. The molecule has 0 aromatic heterocycles. The van der Waals surface area contributed by atoms with E-state index >= 15 is 4.39 Å². The van der Waals surface area contributed by atoms with Crippen LogP contribution in [0.1, 0.15) is 76.0 Å². The summed E-state index contributed by atoms with van der Waals surface area (Å²) in [5.41, 5.74) is 3.18. The summed E-state index contributed by atoms with van der Waals surface area (Å²) in [7, 11) is 0. The van der Waals surface area contributed by atoms with Crippen LogP contribution >= 0.6 is 0 Å². The second kappa shape index (κ2) is 10.3. The number of halogens is 5. The van der Waals surface area contributed by atoms with Crippen molar-refractivity contribution in [2.24, 2.45) is 5.73 Å². The van der Waals surface area contributed by atoms with E-state index in [-0.39, 0.29) is 23.1 Å². The molecule has 222 valence electrons. The van der Waals surface area contributed by atoms with E-state index in [1.165, 1.54) is 50.2 Å². The van der Waals surface area contributed by atoms with Gasteiger partial charge in [-0.3, -0.25) is 14.9 Å². The summed E-state index contributed by atoms with van der Waals surface area (Å²) in [6.07, 6.45) is -1.17. The molecule has 0 spiro atoms. The molecule has 2 atom stereocenters. The summed E-state index contributed by atoms with van der Waals surface area (Å²) in [6.45, 7) is 2.37. The molecule has 5 rings (SSSR count). The maximum Gasteiger partial charge on any atom is 0.407 e. The van der Waals surface area contributed by atoms with Crippen molar-refractivity contribution in [3.63, 3.8) is 0 Å². The first-order valence-corrected chi connectivity index (χ1v) is 13.9. The molecule has 0 heterocycles. The fourth-order valence-corrected chi connectivity index (χ4v) is 5.11. The van der Waals surface area contributed by atoms with Crippen LogP contribution in [0.3, 0.4) is 0 Å². The molecule has 3 fully saturated rings. The Hall–Kier alpha value is -3.05. The molecule has 2 amide bonds. The van der Waals surface area contributed by atoms with E-state index in [0.29, 0.717) is 36.8 Å². The lowest BCUT2D eigenvalue weighted by Crippen LogP contribution is -2.55. The predicted molar refractivity (Wildman–Crippen MR) is 144 cm³/mol. The van der Waals surface area contributed by atoms with Crippen LogP contribution in [-0.4, -0.2) is 41.4 Å². The first-order chi connectivity index (χ1) is 19.1. The maximum atomic E-state index is 15.2. The Bertz CT molecular complexity index is 1310. The minimum Gasteiger partial charge on any atom is -0.353 e. The first-order valence-electron chi connectivity index (χ1n) is 13.9. The third-order valence-electron chi connectivity index (χ3n) is 8.04. The van der Waals surface area contributed by atoms with Gasteiger partial charge in [0, 0.05) is 18.0 Å². The Balaban J connectivity index is 1.35. The molecule has 0 saturated heterocycles. The first kappa shape index (κ1) is 29.4. The van der Waals surface area contributed by atoms with Crippen molar-refractivity contribution in [2.75, 3.05) is 0 Å². The highest BCUT2D eigenvalue weighted by Gasteiger charge is 2.52. The monoisotopic (exact) mass is 578 g/mol. The van der Waals surface area contributed by atoms with Crippen LogP contribution in [0.5, 0.6) is 0 Å². The highest BCUT2D eigenvalue weighted by Crippen LogP contribution is 2.49. The zero-order valence-corrected chi connectivity index (χ0v) is 23.0. The van der Waals surface area contributed by atoms with Gasteiger partial charge in [0.05, 0.1) is 17.1 Å². The van der Waals surface area contributed by atoms with Crippen molar-refractivity contribution in [2.45, 2.75) is 99.8 Å². The van der Waals surface area contributed by atoms with Crippen LogP contribution in [0.25, 0.3) is 11.1 Å². The average Bonchev–Trinajstić information content (AvgIpc) is 3.74. The van der Waals surface area contributed by atoms with Crippen LogP contribution in [0.2, 0.25) is 0 Å². The fourth-order valence-electron chi connectivity index (χ4n) is 5.11. The van der Waals surface area contributed by atoms with E-state index in [2.05, 4.69) is 16.0 Å². The minimum atomic E-state index is -4.81. The predicted octanol–water partition coefficient (Wildman–Crippen LogP) is 5.07. The lowest BCUT2D eigenvalue weighted by atomic mass is 9.92. The lowest BCUT2D eigenvalue weighted by Gasteiger charge is -2.30. The van der Waals surface area contributed by atoms with Gasteiger partial charge in [-0.05, 0) is 75.1 Å². The highest BCUT2D eigenvalue weighted by molar-refractivity contribution is 5.92. The third kappa shape index (κ3) is 6.89. The minimum absolute atomic E-state index is 0.0934. The van der Waals surface area contributed by atoms with Crippen molar-refractivity contribution >= 4 is 11.8 Å². The topological polar surface area (TPSA) is 96.2 Å². The molecule has 0 bridgehead atoms. The standard InChI is InChI=1S/C30H35F5N4O2/c1-27(2,32)16-23(25(40)39-29(36)13-14-29)38-24(30(33,34)35)18-5-3-17(4-6-18)21-10-7-19(15-22(21)31)28(11-12-28)26(41)37-20-8-9-20/h3-7,10,15,20,23-24,38H,8-9,11-14,16,36H2,1-2H3,(H,37,41)(H,39,40)/t23-,24-/m0/s1. The summed E-state index contributed by atoms with van der Waals surface area (Å²) in [5.74, 6) is -1.48. The number of nitrogens with two attached hydrogens (primary N) is 1. The maximum absolute atomic E-state index is 15.2. The number of carbonyl (C=O) groups is 2. The van der Waals surface area contributed by atoms with Gasteiger partial charge in [0.2, 0.25) is 11.8 Å².